The van der Waals surface area contributed by atoms with E-state index in [1.807, 2.05) is 25.4 Å². The van der Waals surface area contributed by atoms with Gasteiger partial charge in [-0.05, 0) is 25.5 Å². The molecule has 0 aliphatic rings. The molecule has 4 heteroatoms. The maximum Gasteiger partial charge on any atom is 0.147 e. The number of nitrogens with zero attached hydrogens (tertiary/aromatic N) is 3. The molecule has 3 heterocycles. The fourth-order valence-corrected chi connectivity index (χ4v) is 2.80. The van der Waals surface area contributed by atoms with E-state index < -0.39 is 0 Å². The van der Waals surface area contributed by atoms with Crippen molar-refractivity contribution >= 4 is 31.6 Å². The third-order valence-electron chi connectivity index (χ3n) is 2.68. The minimum atomic E-state index is 0.999. The summed E-state index contributed by atoms with van der Waals surface area (Å²) in [6, 6.07) is 2.04. The molecule has 0 amide bonds. The molecule has 0 spiro atoms. The lowest BCUT2D eigenvalue weighted by molar-refractivity contribution is 1.01. The number of aryl methyl sites for hydroxylation is 2. The summed E-state index contributed by atoms with van der Waals surface area (Å²) < 4.78 is 1.18. The number of rotatable bonds is 0. The van der Waals surface area contributed by atoms with Crippen LogP contribution in [0.2, 0.25) is 0 Å². The molecule has 0 bridgehead atoms. The van der Waals surface area contributed by atoms with E-state index in [0.717, 1.165) is 10.5 Å². The molecule has 3 nitrogen and oxygen atoms in total. The second-order valence-corrected chi connectivity index (χ2v) is 4.60. The van der Waals surface area contributed by atoms with E-state index in [2.05, 4.69) is 22.1 Å². The Hall–Kier alpha value is -1.55. The first-order chi connectivity index (χ1) is 7.27. The average Bonchev–Trinajstić information content (AvgIpc) is 2.62. The summed E-state index contributed by atoms with van der Waals surface area (Å²) in [6.45, 7) is 4.09. The van der Waals surface area contributed by atoms with Crippen LogP contribution in [0.25, 0.3) is 20.3 Å². The van der Waals surface area contributed by atoms with Crippen molar-refractivity contribution in [3.8, 4) is 0 Å². The molecule has 74 valence electrons. The summed E-state index contributed by atoms with van der Waals surface area (Å²) in [6.07, 6.45) is 3.71. The molecular formula is C11H9N3S. The Kier molecular flexibility index (Phi) is 1.73. The molecule has 0 atom stereocenters. The van der Waals surface area contributed by atoms with Gasteiger partial charge in [-0.1, -0.05) is 0 Å². The topological polar surface area (TPSA) is 38.7 Å². The quantitative estimate of drug-likeness (QED) is 0.578. The van der Waals surface area contributed by atoms with Crippen molar-refractivity contribution in [3.63, 3.8) is 0 Å². The first-order valence-electron chi connectivity index (χ1n) is 4.73. The Morgan fingerprint density at radius 1 is 1.20 bits per heavy atom. The molecule has 0 N–H and O–H groups in total. The number of thiophene rings is 1. The summed E-state index contributed by atoms with van der Waals surface area (Å²) >= 11 is 1.65. The number of aromatic nitrogens is 3. The molecule has 3 rings (SSSR count). The number of fused-ring (bicyclic) bond motifs is 3. The minimum absolute atomic E-state index is 0.999. The second-order valence-electron chi connectivity index (χ2n) is 3.56. The fraction of sp³-hybridized carbons (Fsp3) is 0.182. The molecule has 3 aromatic rings. The van der Waals surface area contributed by atoms with Gasteiger partial charge >= 0.3 is 0 Å². The lowest BCUT2D eigenvalue weighted by atomic mass is 10.1. The van der Waals surface area contributed by atoms with Crippen molar-refractivity contribution in [1.29, 1.82) is 0 Å². The molecule has 0 aromatic carbocycles. The first kappa shape index (κ1) is 8.73. The maximum atomic E-state index is 4.22. The van der Waals surface area contributed by atoms with Gasteiger partial charge in [0.1, 0.15) is 4.83 Å². The first-order valence-corrected chi connectivity index (χ1v) is 5.55. The third kappa shape index (κ3) is 1.15. The van der Waals surface area contributed by atoms with Crippen LogP contribution < -0.4 is 0 Å². The molecule has 0 radical (unpaired) electrons. The Labute approximate surface area is 90.8 Å². The zero-order valence-corrected chi connectivity index (χ0v) is 9.30. The van der Waals surface area contributed by atoms with E-state index in [1.165, 1.54) is 21.0 Å². The fourth-order valence-electron chi connectivity index (χ4n) is 1.75. The van der Waals surface area contributed by atoms with Gasteiger partial charge in [0.2, 0.25) is 0 Å². The van der Waals surface area contributed by atoms with Crippen LogP contribution in [0.3, 0.4) is 0 Å². The second kappa shape index (κ2) is 2.97. The lowest BCUT2D eigenvalue weighted by Crippen LogP contribution is -1.90. The van der Waals surface area contributed by atoms with Crippen molar-refractivity contribution in [2.75, 3.05) is 0 Å². The van der Waals surface area contributed by atoms with Gasteiger partial charge in [0.25, 0.3) is 0 Å². The standard InChI is InChI=1S/C11H9N3S/c1-6-7(2)13-14-11-10(6)8-3-4-12-5-9(8)15-11/h3-5H,1-2H3. The summed E-state index contributed by atoms with van der Waals surface area (Å²) in [5.74, 6) is 0. The van der Waals surface area contributed by atoms with E-state index in [4.69, 9.17) is 0 Å². The van der Waals surface area contributed by atoms with Gasteiger partial charge in [0, 0.05) is 23.2 Å². The van der Waals surface area contributed by atoms with E-state index in [1.54, 1.807) is 11.3 Å². The minimum Gasteiger partial charge on any atom is -0.263 e. The molecular weight excluding hydrogens is 206 g/mol. The Balaban J connectivity index is 2.63. The number of hydrogen-bond donors (Lipinski definition) is 0. The number of pyridine rings is 1. The molecule has 0 saturated heterocycles. The highest BCUT2D eigenvalue weighted by Gasteiger charge is 2.10. The van der Waals surface area contributed by atoms with Gasteiger partial charge < -0.3 is 0 Å². The van der Waals surface area contributed by atoms with Gasteiger partial charge in [0.05, 0.1) is 10.4 Å². The van der Waals surface area contributed by atoms with Crippen LogP contribution in [0, 0.1) is 13.8 Å². The molecule has 0 aliphatic heterocycles. The smallest absolute Gasteiger partial charge is 0.147 e. The van der Waals surface area contributed by atoms with Gasteiger partial charge in [0.15, 0.2) is 0 Å². The highest BCUT2D eigenvalue weighted by atomic mass is 32.1. The molecule has 15 heavy (non-hydrogen) atoms. The largest absolute Gasteiger partial charge is 0.263 e. The van der Waals surface area contributed by atoms with E-state index in [0.29, 0.717) is 0 Å². The van der Waals surface area contributed by atoms with Gasteiger partial charge in [-0.25, -0.2) is 0 Å². The summed E-state index contributed by atoms with van der Waals surface area (Å²) in [5.41, 5.74) is 2.22. The van der Waals surface area contributed by atoms with Gasteiger partial charge in [-0.2, -0.15) is 5.10 Å². The van der Waals surface area contributed by atoms with E-state index in [-0.39, 0.29) is 0 Å². The molecule has 0 aliphatic carbocycles. The van der Waals surface area contributed by atoms with Crippen LogP contribution in [0.5, 0.6) is 0 Å². The monoisotopic (exact) mass is 215 g/mol. The molecule has 0 unspecified atom stereocenters. The molecule has 3 aromatic heterocycles. The summed E-state index contributed by atoms with van der Waals surface area (Å²) in [5, 5.41) is 10.8. The maximum absolute atomic E-state index is 4.22. The summed E-state index contributed by atoms with van der Waals surface area (Å²) in [7, 11) is 0. The van der Waals surface area contributed by atoms with Crippen LogP contribution in [0.1, 0.15) is 11.3 Å². The van der Waals surface area contributed by atoms with Gasteiger partial charge in [-0.15, -0.1) is 16.4 Å². The van der Waals surface area contributed by atoms with E-state index >= 15 is 0 Å². The van der Waals surface area contributed by atoms with Crippen molar-refractivity contribution in [3.05, 3.63) is 29.7 Å². The average molecular weight is 215 g/mol. The molecule has 0 saturated carbocycles. The van der Waals surface area contributed by atoms with Crippen LogP contribution in [-0.4, -0.2) is 15.2 Å². The predicted octanol–water partition coefficient (Wildman–Crippen LogP) is 2.86. The third-order valence-corrected chi connectivity index (χ3v) is 3.71. The van der Waals surface area contributed by atoms with Crippen LogP contribution in [0.15, 0.2) is 18.5 Å². The lowest BCUT2D eigenvalue weighted by Gasteiger charge is -1.98. The number of hydrogen-bond acceptors (Lipinski definition) is 4. The Morgan fingerprint density at radius 3 is 2.93 bits per heavy atom. The zero-order valence-electron chi connectivity index (χ0n) is 8.48. The van der Waals surface area contributed by atoms with E-state index in [9.17, 15) is 0 Å². The van der Waals surface area contributed by atoms with Crippen LogP contribution >= 0.6 is 11.3 Å². The highest BCUT2D eigenvalue weighted by Crippen LogP contribution is 2.33. The predicted molar refractivity (Wildman–Crippen MR) is 62.2 cm³/mol. The highest BCUT2D eigenvalue weighted by molar-refractivity contribution is 7.25. The zero-order chi connectivity index (χ0) is 10.4. The van der Waals surface area contributed by atoms with Gasteiger partial charge in [-0.3, -0.25) is 4.98 Å². The van der Waals surface area contributed by atoms with Crippen LogP contribution in [0.4, 0.5) is 0 Å². The molecule has 0 fully saturated rings. The Morgan fingerprint density at radius 2 is 2.07 bits per heavy atom. The van der Waals surface area contributed by atoms with Crippen molar-refractivity contribution < 1.29 is 0 Å². The van der Waals surface area contributed by atoms with Crippen molar-refractivity contribution in [2.24, 2.45) is 0 Å². The SMILES string of the molecule is Cc1nnc2sc3cnccc3c2c1C. The summed E-state index contributed by atoms with van der Waals surface area (Å²) in [4.78, 5) is 5.12. The van der Waals surface area contributed by atoms with Crippen molar-refractivity contribution in [2.45, 2.75) is 13.8 Å². The normalized spacial score (nSPS) is 11.3. The Bertz CT molecular complexity index is 657. The van der Waals surface area contributed by atoms with Crippen molar-refractivity contribution in [1.82, 2.24) is 15.2 Å². The van der Waals surface area contributed by atoms with Crippen LogP contribution in [-0.2, 0) is 0 Å².